The fourth-order valence-corrected chi connectivity index (χ4v) is 6.66. The van der Waals surface area contributed by atoms with Crippen LogP contribution < -0.4 is 10.3 Å². The quantitative estimate of drug-likeness (QED) is 0.242. The number of hydrogen-bond donors (Lipinski definition) is 1. The molecule has 1 saturated carbocycles. The molecule has 218 valence electrons. The molecule has 41 heavy (non-hydrogen) atoms. The molecule has 1 aromatic heterocycles. The first-order chi connectivity index (χ1) is 19.7. The highest BCUT2D eigenvalue weighted by atomic mass is 16.5. The summed E-state index contributed by atoms with van der Waals surface area (Å²) in [5, 5.41) is 11.6. The minimum absolute atomic E-state index is 0.0279. The van der Waals surface area contributed by atoms with E-state index in [1.165, 1.54) is 23.6 Å². The number of carbonyl (C=O) groups is 1. The number of fused-ring (bicyclic) bond motifs is 1. The van der Waals surface area contributed by atoms with E-state index in [1.807, 2.05) is 18.2 Å². The Morgan fingerprint density at radius 3 is 2.54 bits per heavy atom. The maximum Gasteiger partial charge on any atom is 0.250 e. The van der Waals surface area contributed by atoms with Crippen molar-refractivity contribution in [3.8, 4) is 5.75 Å². The monoisotopic (exact) mass is 555 g/mol. The highest BCUT2D eigenvalue weighted by Gasteiger charge is 2.45. The lowest BCUT2D eigenvalue weighted by Gasteiger charge is -2.48. The van der Waals surface area contributed by atoms with Crippen LogP contribution in [0.3, 0.4) is 0 Å². The SMILES string of the molecule is CCc1ccc2c(c1)[C@@H](CC[C@@H](O)[C@@H](CC(=O)c1ccc(=O)n(CC(C)C)c1)Cc1ccccc1)CC1(CCC1)O2. The molecule has 5 rings (SSSR count). The summed E-state index contributed by atoms with van der Waals surface area (Å²) in [7, 11) is 0. The van der Waals surface area contributed by atoms with Gasteiger partial charge in [0.2, 0.25) is 0 Å². The number of benzene rings is 2. The molecule has 1 fully saturated rings. The Morgan fingerprint density at radius 1 is 1.07 bits per heavy atom. The van der Waals surface area contributed by atoms with Crippen LogP contribution in [-0.4, -0.2) is 27.2 Å². The first-order valence-electron chi connectivity index (χ1n) is 15.5. The molecule has 1 aliphatic heterocycles. The number of aliphatic hydroxyl groups excluding tert-OH is 1. The minimum Gasteiger partial charge on any atom is -0.487 e. The molecule has 3 atom stereocenters. The van der Waals surface area contributed by atoms with Crippen molar-refractivity contribution >= 4 is 5.78 Å². The van der Waals surface area contributed by atoms with Crippen LogP contribution in [0.25, 0.3) is 0 Å². The highest BCUT2D eigenvalue weighted by Crippen LogP contribution is 2.51. The van der Waals surface area contributed by atoms with Crippen molar-refractivity contribution in [3.63, 3.8) is 0 Å². The van der Waals surface area contributed by atoms with E-state index in [0.717, 1.165) is 43.4 Å². The Morgan fingerprint density at radius 2 is 1.85 bits per heavy atom. The molecule has 0 saturated heterocycles. The molecule has 1 N–H and O–H groups in total. The van der Waals surface area contributed by atoms with Crippen LogP contribution >= 0.6 is 0 Å². The maximum atomic E-state index is 13.5. The van der Waals surface area contributed by atoms with E-state index in [-0.39, 0.29) is 29.3 Å². The maximum absolute atomic E-state index is 13.5. The third kappa shape index (κ3) is 7.01. The average molecular weight is 556 g/mol. The van der Waals surface area contributed by atoms with Gasteiger partial charge in [0, 0.05) is 30.8 Å². The number of carbonyl (C=O) groups excluding carboxylic acids is 1. The second-order valence-electron chi connectivity index (χ2n) is 12.8. The molecule has 2 aliphatic rings. The number of ether oxygens (including phenoxy) is 1. The Bertz CT molecular complexity index is 1390. The Labute approximate surface area is 244 Å². The van der Waals surface area contributed by atoms with Crippen LogP contribution in [0.1, 0.15) is 98.7 Å². The number of aryl methyl sites for hydroxylation is 1. The molecule has 1 spiro atoms. The largest absolute Gasteiger partial charge is 0.487 e. The van der Waals surface area contributed by atoms with E-state index in [4.69, 9.17) is 4.74 Å². The van der Waals surface area contributed by atoms with Gasteiger partial charge in [-0.3, -0.25) is 9.59 Å². The summed E-state index contributed by atoms with van der Waals surface area (Å²) in [5.74, 6) is 1.41. The van der Waals surface area contributed by atoms with Crippen molar-refractivity contribution < 1.29 is 14.6 Å². The topological polar surface area (TPSA) is 68.5 Å². The number of hydrogen-bond acceptors (Lipinski definition) is 4. The molecule has 0 bridgehead atoms. The first kappa shape index (κ1) is 29.3. The zero-order valence-corrected chi connectivity index (χ0v) is 24.9. The summed E-state index contributed by atoms with van der Waals surface area (Å²) in [5.41, 5.74) is 4.10. The van der Waals surface area contributed by atoms with Crippen molar-refractivity contribution in [1.82, 2.24) is 4.57 Å². The number of aromatic nitrogens is 1. The molecule has 3 aromatic rings. The van der Waals surface area contributed by atoms with Gasteiger partial charge in [-0.1, -0.05) is 63.2 Å². The number of Topliss-reactive ketones (excluding diaryl/α,β-unsaturated/α-hetero) is 1. The summed E-state index contributed by atoms with van der Waals surface area (Å²) >= 11 is 0. The van der Waals surface area contributed by atoms with Gasteiger partial charge in [0.15, 0.2) is 5.78 Å². The van der Waals surface area contributed by atoms with Gasteiger partial charge in [-0.2, -0.15) is 0 Å². The van der Waals surface area contributed by atoms with E-state index in [1.54, 1.807) is 16.8 Å². The second-order valence-corrected chi connectivity index (χ2v) is 12.8. The number of rotatable bonds is 12. The smallest absolute Gasteiger partial charge is 0.250 e. The van der Waals surface area contributed by atoms with Gasteiger partial charge in [0.1, 0.15) is 11.4 Å². The molecule has 2 aromatic carbocycles. The third-order valence-electron chi connectivity index (χ3n) is 9.14. The molecule has 5 nitrogen and oxygen atoms in total. The average Bonchev–Trinajstić information content (AvgIpc) is 2.95. The van der Waals surface area contributed by atoms with Crippen LogP contribution in [0.15, 0.2) is 71.7 Å². The molecule has 0 unspecified atom stereocenters. The van der Waals surface area contributed by atoms with Gasteiger partial charge in [0.05, 0.1) is 6.10 Å². The van der Waals surface area contributed by atoms with Gasteiger partial charge < -0.3 is 14.4 Å². The van der Waals surface area contributed by atoms with Crippen LogP contribution in [0, 0.1) is 11.8 Å². The predicted octanol–water partition coefficient (Wildman–Crippen LogP) is 7.13. The summed E-state index contributed by atoms with van der Waals surface area (Å²) in [4.78, 5) is 25.9. The van der Waals surface area contributed by atoms with Gasteiger partial charge in [-0.25, -0.2) is 0 Å². The van der Waals surface area contributed by atoms with Crippen LogP contribution in [0.5, 0.6) is 5.75 Å². The van der Waals surface area contributed by atoms with Gasteiger partial charge in [0.25, 0.3) is 5.56 Å². The summed E-state index contributed by atoms with van der Waals surface area (Å²) in [6, 6.07) is 19.9. The number of pyridine rings is 1. The molecule has 0 radical (unpaired) electrons. The predicted molar refractivity (Wildman–Crippen MR) is 164 cm³/mol. The van der Waals surface area contributed by atoms with Crippen molar-refractivity contribution in [1.29, 1.82) is 0 Å². The minimum atomic E-state index is -0.612. The second kappa shape index (κ2) is 12.8. The van der Waals surface area contributed by atoms with E-state index in [2.05, 4.69) is 51.1 Å². The molecular weight excluding hydrogens is 510 g/mol. The van der Waals surface area contributed by atoms with E-state index in [0.29, 0.717) is 36.8 Å². The fourth-order valence-electron chi connectivity index (χ4n) is 6.66. The lowest BCUT2D eigenvalue weighted by atomic mass is 9.69. The van der Waals surface area contributed by atoms with Crippen molar-refractivity contribution in [2.75, 3.05) is 0 Å². The van der Waals surface area contributed by atoms with Gasteiger partial charge in [-0.05, 0) is 97.9 Å². The zero-order valence-electron chi connectivity index (χ0n) is 24.9. The molecule has 1 aliphatic carbocycles. The molecule has 5 heteroatoms. The van der Waals surface area contributed by atoms with Crippen molar-refractivity contribution in [2.24, 2.45) is 11.8 Å². The normalized spacial score (nSPS) is 18.8. The van der Waals surface area contributed by atoms with E-state index in [9.17, 15) is 14.7 Å². The van der Waals surface area contributed by atoms with E-state index < -0.39 is 6.10 Å². The Balaban J connectivity index is 1.33. The van der Waals surface area contributed by atoms with Crippen LogP contribution in [0.2, 0.25) is 0 Å². The number of nitrogens with zero attached hydrogens (tertiary/aromatic N) is 1. The third-order valence-corrected chi connectivity index (χ3v) is 9.14. The van der Waals surface area contributed by atoms with Gasteiger partial charge >= 0.3 is 0 Å². The highest BCUT2D eigenvalue weighted by molar-refractivity contribution is 5.95. The Kier molecular flexibility index (Phi) is 9.13. The lowest BCUT2D eigenvalue weighted by Crippen LogP contribution is -2.47. The first-order valence-corrected chi connectivity index (χ1v) is 15.5. The van der Waals surface area contributed by atoms with Crippen LogP contribution in [-0.2, 0) is 19.4 Å². The Hall–Kier alpha value is -3.18. The van der Waals surface area contributed by atoms with Gasteiger partial charge in [-0.15, -0.1) is 0 Å². The molecule has 0 amide bonds. The number of aliphatic hydroxyl groups is 1. The summed E-state index contributed by atoms with van der Waals surface area (Å²) in [6.07, 6.45) is 8.85. The lowest BCUT2D eigenvalue weighted by molar-refractivity contribution is -0.0359. The van der Waals surface area contributed by atoms with E-state index >= 15 is 0 Å². The fraction of sp³-hybridized carbons (Fsp3) is 0.500. The zero-order chi connectivity index (χ0) is 29.0. The molecular formula is C36H45NO4. The van der Waals surface area contributed by atoms with Crippen molar-refractivity contribution in [2.45, 2.75) is 103 Å². The van der Waals surface area contributed by atoms with Crippen molar-refractivity contribution in [3.05, 3.63) is 99.5 Å². The summed E-state index contributed by atoms with van der Waals surface area (Å²) < 4.78 is 8.16. The molecule has 2 heterocycles. The summed E-state index contributed by atoms with van der Waals surface area (Å²) in [6.45, 7) is 6.86. The van der Waals surface area contributed by atoms with Crippen LogP contribution in [0.4, 0.5) is 0 Å². The number of ketones is 1. The standard InChI is InChI=1S/C36H45NO4/c1-4-26-11-15-34-31(20-26)28(22-36(41-34)17-8-18-36)12-14-32(38)30(19-27-9-6-5-7-10-27)21-33(39)29-13-16-35(40)37(24-29)23-25(2)3/h5-7,9-11,13,15-16,20,24-25,28,30,32,38H,4,8,12,14,17-19,21-23H2,1-3H3/t28-,30+,32+/m0/s1.